The van der Waals surface area contributed by atoms with Gasteiger partial charge in [0.1, 0.15) is 11.5 Å². The molecule has 2 amide bonds. The number of amides is 2. The number of carbonyl (C=O) groups excluding carboxylic acids is 1. The molecule has 0 atom stereocenters. The van der Waals surface area contributed by atoms with Crippen molar-refractivity contribution in [3.8, 4) is 11.5 Å². The van der Waals surface area contributed by atoms with E-state index in [2.05, 4.69) is 24.5 Å². The molecule has 0 fully saturated rings. The van der Waals surface area contributed by atoms with Crippen molar-refractivity contribution in [1.29, 1.82) is 0 Å². The Kier molecular flexibility index (Phi) is 21.0. The molecule has 9 nitrogen and oxygen atoms in total. The maximum Gasteiger partial charge on any atom is 0.323 e. The second kappa shape index (κ2) is 24.4. The topological polar surface area (TPSA) is 128 Å². The molecular formula is C37H60N2O7S2. The highest BCUT2D eigenvalue weighted by molar-refractivity contribution is 7.87. The number of hydrogen-bond donors (Lipinski definition) is 2. The Hall–Kier alpha value is -2.79. The van der Waals surface area contributed by atoms with Crippen LogP contribution in [0.3, 0.4) is 0 Å². The van der Waals surface area contributed by atoms with Crippen LogP contribution in [-0.4, -0.2) is 34.4 Å². The standard InChI is InChI=1S/C37H60N2O7S2/c1-3-5-7-9-11-13-15-17-19-21-31-47(41,42)45-35-27-23-33(24-28-35)38-37(40)39-34-25-29-36(30-26-34)46-48(43,44)32-22-20-18-16-14-12-10-8-6-4-2/h23-30H,3-22,31-32H2,1-2H3,(H2,38,39,40). The summed E-state index contributed by atoms with van der Waals surface area (Å²) in [5, 5.41) is 5.35. The molecule has 2 aromatic carbocycles. The molecule has 2 N–H and O–H groups in total. The highest BCUT2D eigenvalue weighted by Gasteiger charge is 2.14. The van der Waals surface area contributed by atoms with Crippen LogP contribution in [0.5, 0.6) is 11.5 Å². The summed E-state index contributed by atoms with van der Waals surface area (Å²) in [5.41, 5.74) is 0.898. The lowest BCUT2D eigenvalue weighted by atomic mass is 10.1. The van der Waals surface area contributed by atoms with Gasteiger partial charge in [-0.2, -0.15) is 16.8 Å². The number of nitrogens with one attached hydrogen (secondary N) is 2. The molecule has 0 aromatic heterocycles. The third-order valence-electron chi connectivity index (χ3n) is 8.17. The van der Waals surface area contributed by atoms with E-state index < -0.39 is 26.3 Å². The first-order valence-electron chi connectivity index (χ1n) is 18.2. The van der Waals surface area contributed by atoms with Crippen LogP contribution in [0, 0.1) is 0 Å². The van der Waals surface area contributed by atoms with Crippen LogP contribution in [0.4, 0.5) is 16.2 Å². The summed E-state index contributed by atoms with van der Waals surface area (Å²) in [6.07, 6.45) is 22.4. The first kappa shape index (κ1) is 41.4. The lowest BCUT2D eigenvalue weighted by Crippen LogP contribution is -2.19. The van der Waals surface area contributed by atoms with Gasteiger partial charge in [0.2, 0.25) is 0 Å². The van der Waals surface area contributed by atoms with Crippen molar-refractivity contribution in [2.75, 3.05) is 22.1 Å². The van der Waals surface area contributed by atoms with Gasteiger partial charge in [0.25, 0.3) is 0 Å². The Bertz CT molecular complexity index is 1240. The summed E-state index contributed by atoms with van der Waals surface area (Å²) in [5.74, 6) is 0.320. The zero-order valence-electron chi connectivity index (χ0n) is 29.3. The van der Waals surface area contributed by atoms with E-state index in [1.54, 1.807) is 24.3 Å². The van der Waals surface area contributed by atoms with Gasteiger partial charge in [0.15, 0.2) is 0 Å². The first-order chi connectivity index (χ1) is 23.1. The van der Waals surface area contributed by atoms with Gasteiger partial charge < -0.3 is 19.0 Å². The van der Waals surface area contributed by atoms with Crippen LogP contribution in [0.2, 0.25) is 0 Å². The molecule has 0 bridgehead atoms. The Labute approximate surface area is 291 Å². The lowest BCUT2D eigenvalue weighted by Gasteiger charge is -2.11. The van der Waals surface area contributed by atoms with Crippen molar-refractivity contribution < 1.29 is 30.0 Å². The smallest absolute Gasteiger partial charge is 0.323 e. The monoisotopic (exact) mass is 708 g/mol. The van der Waals surface area contributed by atoms with Crippen molar-refractivity contribution in [3.63, 3.8) is 0 Å². The number of hydrogen-bond acceptors (Lipinski definition) is 7. The minimum Gasteiger partial charge on any atom is -0.382 e. The van der Waals surface area contributed by atoms with Crippen LogP contribution < -0.4 is 19.0 Å². The fraction of sp³-hybridized carbons (Fsp3) is 0.649. The van der Waals surface area contributed by atoms with Crippen LogP contribution in [0.25, 0.3) is 0 Å². The highest BCUT2D eigenvalue weighted by atomic mass is 32.2. The summed E-state index contributed by atoms with van der Waals surface area (Å²) < 4.78 is 60.0. The molecule has 2 aromatic rings. The predicted molar refractivity (Wildman–Crippen MR) is 198 cm³/mol. The molecule has 0 unspecified atom stereocenters. The summed E-state index contributed by atoms with van der Waals surface area (Å²) >= 11 is 0. The lowest BCUT2D eigenvalue weighted by molar-refractivity contribution is 0.262. The van der Waals surface area contributed by atoms with E-state index in [0.717, 1.165) is 38.5 Å². The van der Waals surface area contributed by atoms with E-state index >= 15 is 0 Å². The van der Waals surface area contributed by atoms with E-state index in [1.165, 1.54) is 101 Å². The number of urea groups is 1. The summed E-state index contributed by atoms with van der Waals surface area (Å²) in [4.78, 5) is 12.5. The Morgan fingerprint density at radius 1 is 0.458 bits per heavy atom. The number of unbranched alkanes of at least 4 members (excludes halogenated alkanes) is 18. The number of benzene rings is 2. The summed E-state index contributed by atoms with van der Waals surface area (Å²) in [7, 11) is -7.39. The molecule has 0 radical (unpaired) electrons. The Morgan fingerprint density at radius 2 is 0.729 bits per heavy atom. The molecule has 0 aliphatic rings. The van der Waals surface area contributed by atoms with Gasteiger partial charge in [-0.3, -0.25) is 0 Å². The molecule has 11 heteroatoms. The highest BCUT2D eigenvalue weighted by Crippen LogP contribution is 2.21. The summed E-state index contributed by atoms with van der Waals surface area (Å²) in [6, 6.07) is 11.7. The van der Waals surface area contributed by atoms with Gasteiger partial charge in [0, 0.05) is 11.4 Å². The van der Waals surface area contributed by atoms with Crippen molar-refractivity contribution in [3.05, 3.63) is 48.5 Å². The largest absolute Gasteiger partial charge is 0.382 e. The normalized spacial score (nSPS) is 11.7. The Balaban J connectivity index is 1.63. The third-order valence-corrected chi connectivity index (χ3v) is 10.6. The van der Waals surface area contributed by atoms with Gasteiger partial charge in [-0.1, -0.05) is 129 Å². The minimum absolute atomic E-state index is 0.0268. The van der Waals surface area contributed by atoms with Gasteiger partial charge in [-0.15, -0.1) is 0 Å². The molecule has 0 aliphatic heterocycles. The van der Waals surface area contributed by atoms with Crippen LogP contribution >= 0.6 is 0 Å². The van der Waals surface area contributed by atoms with Crippen LogP contribution in [0.15, 0.2) is 48.5 Å². The van der Waals surface area contributed by atoms with E-state index in [0.29, 0.717) is 24.2 Å². The Morgan fingerprint density at radius 3 is 1.02 bits per heavy atom. The number of carbonyl (C=O) groups is 1. The van der Waals surface area contributed by atoms with Crippen molar-refractivity contribution in [2.45, 2.75) is 142 Å². The molecule has 0 heterocycles. The van der Waals surface area contributed by atoms with Crippen molar-refractivity contribution in [2.24, 2.45) is 0 Å². The van der Waals surface area contributed by atoms with Gasteiger partial charge in [0.05, 0.1) is 11.5 Å². The SMILES string of the molecule is CCCCCCCCCCCCS(=O)(=O)Oc1ccc(NC(=O)Nc2ccc(OS(=O)(=O)CCCCCCCCCCCC)cc2)cc1. The zero-order valence-corrected chi connectivity index (χ0v) is 31.0. The molecule has 2 rings (SSSR count). The molecule has 48 heavy (non-hydrogen) atoms. The first-order valence-corrected chi connectivity index (χ1v) is 21.4. The number of rotatable bonds is 28. The van der Waals surface area contributed by atoms with Gasteiger partial charge in [-0.25, -0.2) is 4.79 Å². The fourth-order valence-electron chi connectivity index (χ4n) is 5.39. The second-order valence-electron chi connectivity index (χ2n) is 12.7. The molecule has 0 spiro atoms. The zero-order chi connectivity index (χ0) is 34.9. The van der Waals surface area contributed by atoms with E-state index in [4.69, 9.17) is 8.37 Å². The average molecular weight is 709 g/mol. The maximum absolute atomic E-state index is 12.5. The predicted octanol–water partition coefficient (Wildman–Crippen LogP) is 10.6. The van der Waals surface area contributed by atoms with Crippen LogP contribution in [0.1, 0.15) is 142 Å². The molecular weight excluding hydrogens is 649 g/mol. The third kappa shape index (κ3) is 20.5. The second-order valence-corrected chi connectivity index (χ2v) is 16.1. The molecule has 0 aliphatic carbocycles. The maximum atomic E-state index is 12.5. The molecule has 0 saturated heterocycles. The van der Waals surface area contributed by atoms with Gasteiger partial charge >= 0.3 is 26.3 Å². The van der Waals surface area contributed by atoms with E-state index in [9.17, 15) is 21.6 Å². The van der Waals surface area contributed by atoms with Crippen molar-refractivity contribution >= 4 is 37.6 Å². The minimum atomic E-state index is -3.69. The van der Waals surface area contributed by atoms with E-state index in [1.807, 2.05) is 0 Å². The van der Waals surface area contributed by atoms with Gasteiger partial charge in [-0.05, 0) is 61.4 Å². The van der Waals surface area contributed by atoms with Crippen molar-refractivity contribution in [1.82, 2.24) is 0 Å². The fourth-order valence-corrected chi connectivity index (χ4v) is 7.48. The quantitative estimate of drug-likeness (QED) is 0.0665. The molecule has 272 valence electrons. The average Bonchev–Trinajstić information content (AvgIpc) is 3.04. The molecule has 0 saturated carbocycles. The van der Waals surface area contributed by atoms with E-state index in [-0.39, 0.29) is 23.0 Å². The number of anilines is 2. The summed E-state index contributed by atoms with van der Waals surface area (Å²) in [6.45, 7) is 4.43. The van der Waals surface area contributed by atoms with Crippen LogP contribution in [-0.2, 0) is 20.2 Å².